The molecular formula is C10H10FN3S. The van der Waals surface area contributed by atoms with E-state index in [1.165, 1.54) is 17.8 Å². The molecule has 0 aliphatic carbocycles. The van der Waals surface area contributed by atoms with Crippen LogP contribution in [0.15, 0.2) is 40.4 Å². The van der Waals surface area contributed by atoms with Crippen LogP contribution in [-0.4, -0.2) is 9.78 Å². The van der Waals surface area contributed by atoms with Crippen molar-refractivity contribution in [1.82, 2.24) is 9.78 Å². The van der Waals surface area contributed by atoms with Crippen LogP contribution in [0.2, 0.25) is 0 Å². The number of aryl methyl sites for hydroxylation is 1. The van der Waals surface area contributed by atoms with Crippen molar-refractivity contribution < 1.29 is 4.39 Å². The highest BCUT2D eigenvalue weighted by Gasteiger charge is 2.05. The number of aromatic nitrogens is 2. The van der Waals surface area contributed by atoms with Gasteiger partial charge in [-0.1, -0.05) is 11.8 Å². The smallest absolute Gasteiger partial charge is 0.139 e. The molecule has 0 radical (unpaired) electrons. The molecule has 2 N–H and O–H groups in total. The van der Waals surface area contributed by atoms with Gasteiger partial charge in [-0.05, 0) is 18.2 Å². The Hall–Kier alpha value is -1.49. The fraction of sp³-hybridized carbons (Fsp3) is 0.100. The van der Waals surface area contributed by atoms with E-state index in [-0.39, 0.29) is 5.82 Å². The highest BCUT2D eigenvalue weighted by Crippen LogP contribution is 2.29. The molecule has 1 heterocycles. The molecule has 0 bridgehead atoms. The minimum absolute atomic E-state index is 0.302. The SMILES string of the molecule is Cn1cc(Sc2ccc(N)cc2F)cn1. The Balaban J connectivity index is 2.24. The van der Waals surface area contributed by atoms with Gasteiger partial charge in [-0.2, -0.15) is 5.10 Å². The lowest BCUT2D eigenvalue weighted by molar-refractivity contribution is 0.603. The monoisotopic (exact) mass is 223 g/mol. The lowest BCUT2D eigenvalue weighted by atomic mass is 10.3. The highest BCUT2D eigenvalue weighted by molar-refractivity contribution is 7.99. The predicted molar refractivity (Wildman–Crippen MR) is 58.1 cm³/mol. The van der Waals surface area contributed by atoms with Gasteiger partial charge in [-0.15, -0.1) is 0 Å². The Labute approximate surface area is 91.1 Å². The molecule has 0 aliphatic heterocycles. The quantitative estimate of drug-likeness (QED) is 0.794. The second-order valence-electron chi connectivity index (χ2n) is 3.14. The van der Waals surface area contributed by atoms with Crippen molar-refractivity contribution in [3.05, 3.63) is 36.4 Å². The van der Waals surface area contributed by atoms with Crippen molar-refractivity contribution in [2.75, 3.05) is 5.73 Å². The molecule has 0 amide bonds. The molecule has 3 nitrogen and oxygen atoms in total. The Kier molecular flexibility index (Phi) is 2.64. The first kappa shape index (κ1) is 10.0. The zero-order valence-electron chi connectivity index (χ0n) is 8.14. The van der Waals surface area contributed by atoms with Crippen LogP contribution >= 0.6 is 11.8 Å². The maximum absolute atomic E-state index is 13.4. The van der Waals surface area contributed by atoms with Gasteiger partial charge in [0.2, 0.25) is 0 Å². The standard InChI is InChI=1S/C10H10FN3S/c1-14-6-8(5-13-14)15-10-3-2-7(12)4-9(10)11/h2-6H,12H2,1H3. The molecule has 78 valence electrons. The molecule has 0 aliphatic rings. The van der Waals surface area contributed by atoms with Crippen LogP contribution in [-0.2, 0) is 7.05 Å². The minimum Gasteiger partial charge on any atom is -0.399 e. The normalized spacial score (nSPS) is 10.5. The maximum atomic E-state index is 13.4. The van der Waals surface area contributed by atoms with Crippen LogP contribution in [0, 0.1) is 5.82 Å². The summed E-state index contributed by atoms with van der Waals surface area (Å²) in [7, 11) is 1.82. The summed E-state index contributed by atoms with van der Waals surface area (Å²) < 4.78 is 15.1. The molecule has 0 unspecified atom stereocenters. The number of hydrogen-bond donors (Lipinski definition) is 1. The van der Waals surface area contributed by atoms with Crippen molar-refractivity contribution in [2.24, 2.45) is 7.05 Å². The van der Waals surface area contributed by atoms with Gasteiger partial charge in [0.25, 0.3) is 0 Å². The summed E-state index contributed by atoms with van der Waals surface area (Å²) in [6.07, 6.45) is 3.53. The van der Waals surface area contributed by atoms with Crippen molar-refractivity contribution in [3.63, 3.8) is 0 Å². The van der Waals surface area contributed by atoms with E-state index in [0.29, 0.717) is 10.6 Å². The number of rotatable bonds is 2. The predicted octanol–water partition coefficient (Wildman–Crippen LogP) is 2.29. The number of anilines is 1. The zero-order chi connectivity index (χ0) is 10.8. The largest absolute Gasteiger partial charge is 0.399 e. The van der Waals surface area contributed by atoms with Crippen LogP contribution in [0.3, 0.4) is 0 Å². The van der Waals surface area contributed by atoms with Crippen LogP contribution in [0.1, 0.15) is 0 Å². The second kappa shape index (κ2) is 3.94. The van der Waals surface area contributed by atoms with Gasteiger partial charge in [0.15, 0.2) is 0 Å². The fourth-order valence-electron chi connectivity index (χ4n) is 1.18. The van der Waals surface area contributed by atoms with E-state index in [4.69, 9.17) is 5.73 Å². The molecule has 0 fully saturated rings. The zero-order valence-corrected chi connectivity index (χ0v) is 8.96. The summed E-state index contributed by atoms with van der Waals surface area (Å²) in [5, 5.41) is 4.01. The third-order valence-corrected chi connectivity index (χ3v) is 2.86. The molecule has 0 spiro atoms. The average Bonchev–Trinajstić information content (AvgIpc) is 2.56. The van der Waals surface area contributed by atoms with E-state index in [2.05, 4.69) is 5.10 Å². The molecular weight excluding hydrogens is 213 g/mol. The first-order chi connectivity index (χ1) is 7.15. The number of halogens is 1. The van der Waals surface area contributed by atoms with Gasteiger partial charge in [-0.3, -0.25) is 4.68 Å². The first-order valence-corrected chi connectivity index (χ1v) is 5.18. The summed E-state index contributed by atoms with van der Waals surface area (Å²) in [5.41, 5.74) is 5.89. The second-order valence-corrected chi connectivity index (χ2v) is 4.26. The van der Waals surface area contributed by atoms with Crippen LogP contribution < -0.4 is 5.73 Å². The van der Waals surface area contributed by atoms with Gasteiger partial charge < -0.3 is 5.73 Å². The molecule has 1 aromatic heterocycles. The number of benzene rings is 1. The molecule has 0 saturated heterocycles. The Morgan fingerprint density at radius 1 is 1.47 bits per heavy atom. The Morgan fingerprint density at radius 3 is 2.87 bits per heavy atom. The number of nitrogen functional groups attached to an aromatic ring is 1. The van der Waals surface area contributed by atoms with Crippen LogP contribution in [0.25, 0.3) is 0 Å². The van der Waals surface area contributed by atoms with Gasteiger partial charge in [0, 0.05) is 23.8 Å². The van der Waals surface area contributed by atoms with Crippen molar-refractivity contribution in [3.8, 4) is 0 Å². The van der Waals surface area contributed by atoms with E-state index >= 15 is 0 Å². The number of nitrogens with two attached hydrogens (primary N) is 1. The fourth-order valence-corrected chi connectivity index (χ4v) is 2.03. The lowest BCUT2D eigenvalue weighted by Gasteiger charge is -2.01. The summed E-state index contributed by atoms with van der Waals surface area (Å²) in [4.78, 5) is 1.46. The highest BCUT2D eigenvalue weighted by atomic mass is 32.2. The van der Waals surface area contributed by atoms with Crippen molar-refractivity contribution in [2.45, 2.75) is 9.79 Å². The maximum Gasteiger partial charge on any atom is 0.139 e. The summed E-state index contributed by atoms with van der Waals surface area (Å²) in [6, 6.07) is 4.67. The third kappa shape index (κ3) is 2.30. The van der Waals surface area contributed by atoms with E-state index in [1.807, 2.05) is 13.2 Å². The molecule has 0 saturated carbocycles. The van der Waals surface area contributed by atoms with E-state index in [0.717, 1.165) is 4.90 Å². The van der Waals surface area contributed by atoms with Gasteiger partial charge in [0.05, 0.1) is 11.1 Å². The van der Waals surface area contributed by atoms with Crippen molar-refractivity contribution >= 4 is 17.4 Å². The topological polar surface area (TPSA) is 43.8 Å². The van der Waals surface area contributed by atoms with Gasteiger partial charge in [-0.25, -0.2) is 4.39 Å². The molecule has 15 heavy (non-hydrogen) atoms. The van der Waals surface area contributed by atoms with E-state index in [1.54, 1.807) is 23.0 Å². The summed E-state index contributed by atoms with van der Waals surface area (Å²) in [6.45, 7) is 0. The van der Waals surface area contributed by atoms with Crippen LogP contribution in [0.4, 0.5) is 10.1 Å². The molecule has 0 atom stereocenters. The Bertz CT molecular complexity index is 481. The molecule has 5 heteroatoms. The number of hydrogen-bond acceptors (Lipinski definition) is 3. The van der Waals surface area contributed by atoms with E-state index in [9.17, 15) is 4.39 Å². The van der Waals surface area contributed by atoms with Gasteiger partial charge >= 0.3 is 0 Å². The summed E-state index contributed by atoms with van der Waals surface area (Å²) >= 11 is 1.33. The van der Waals surface area contributed by atoms with Gasteiger partial charge in [0.1, 0.15) is 5.82 Å². The molecule has 2 rings (SSSR count). The average molecular weight is 223 g/mol. The minimum atomic E-state index is -0.302. The van der Waals surface area contributed by atoms with E-state index < -0.39 is 0 Å². The first-order valence-electron chi connectivity index (χ1n) is 4.36. The molecule has 2 aromatic rings. The number of nitrogens with zero attached hydrogens (tertiary/aromatic N) is 2. The third-order valence-electron chi connectivity index (χ3n) is 1.86. The summed E-state index contributed by atoms with van der Waals surface area (Å²) in [5.74, 6) is -0.302. The van der Waals surface area contributed by atoms with Crippen molar-refractivity contribution in [1.29, 1.82) is 0 Å². The lowest BCUT2D eigenvalue weighted by Crippen LogP contribution is -1.87. The Morgan fingerprint density at radius 2 is 2.27 bits per heavy atom. The molecule has 1 aromatic carbocycles. The van der Waals surface area contributed by atoms with Crippen LogP contribution in [0.5, 0.6) is 0 Å².